The Bertz CT molecular complexity index is 1070. The third-order valence-electron chi connectivity index (χ3n) is 7.58. The van der Waals surface area contributed by atoms with Crippen molar-refractivity contribution in [2.24, 2.45) is 23.2 Å². The SMILES string of the molecule is O=C(Nc1ccc(Cl)c(C(F)(F)F)c1)C(OC(=O)C12CC3CC(CC(C3)C1)C2)c1ccccc1. The summed E-state index contributed by atoms with van der Waals surface area (Å²) in [5.41, 5.74) is -1.23. The molecule has 4 fully saturated rings. The van der Waals surface area contributed by atoms with E-state index in [9.17, 15) is 22.8 Å². The summed E-state index contributed by atoms with van der Waals surface area (Å²) in [5, 5.41) is 2.02. The van der Waals surface area contributed by atoms with Crippen LogP contribution in [0.4, 0.5) is 18.9 Å². The van der Waals surface area contributed by atoms with Crippen molar-refractivity contribution < 1.29 is 27.5 Å². The summed E-state index contributed by atoms with van der Waals surface area (Å²) in [5.74, 6) is 0.496. The van der Waals surface area contributed by atoms with Crippen molar-refractivity contribution in [2.75, 3.05) is 5.32 Å². The molecule has 0 saturated heterocycles. The summed E-state index contributed by atoms with van der Waals surface area (Å²) in [6.45, 7) is 0. The summed E-state index contributed by atoms with van der Waals surface area (Å²) in [6, 6.07) is 11.7. The highest BCUT2D eigenvalue weighted by Crippen LogP contribution is 2.60. The molecule has 0 aliphatic heterocycles. The zero-order valence-corrected chi connectivity index (χ0v) is 19.2. The summed E-state index contributed by atoms with van der Waals surface area (Å²) < 4.78 is 45.6. The van der Waals surface area contributed by atoms with Gasteiger partial charge in [-0.3, -0.25) is 9.59 Å². The predicted molar refractivity (Wildman–Crippen MR) is 121 cm³/mol. The lowest BCUT2D eigenvalue weighted by molar-refractivity contribution is -0.179. The molecule has 4 aliphatic carbocycles. The number of carbonyl (C=O) groups excluding carboxylic acids is 2. The molecular weight excluding hydrogens is 467 g/mol. The van der Waals surface area contributed by atoms with Gasteiger partial charge in [-0.2, -0.15) is 13.2 Å². The van der Waals surface area contributed by atoms with Crippen LogP contribution >= 0.6 is 11.6 Å². The average Bonchev–Trinajstić information content (AvgIpc) is 2.77. The molecule has 4 aliphatic rings. The van der Waals surface area contributed by atoms with Crippen LogP contribution in [0.2, 0.25) is 5.02 Å². The lowest BCUT2D eigenvalue weighted by Gasteiger charge is -2.55. The molecule has 4 nitrogen and oxygen atoms in total. The number of amides is 1. The third kappa shape index (κ3) is 4.42. The lowest BCUT2D eigenvalue weighted by atomic mass is 9.49. The van der Waals surface area contributed by atoms with Gasteiger partial charge < -0.3 is 10.1 Å². The molecule has 34 heavy (non-hydrogen) atoms. The van der Waals surface area contributed by atoms with E-state index in [1.165, 1.54) is 6.07 Å². The van der Waals surface area contributed by atoms with E-state index >= 15 is 0 Å². The largest absolute Gasteiger partial charge is 0.447 e. The summed E-state index contributed by atoms with van der Waals surface area (Å²) in [7, 11) is 0. The molecule has 0 aromatic heterocycles. The first-order valence-electron chi connectivity index (χ1n) is 11.6. The van der Waals surface area contributed by atoms with E-state index in [1.54, 1.807) is 30.3 Å². The molecule has 4 bridgehead atoms. The summed E-state index contributed by atoms with van der Waals surface area (Å²) in [6.07, 6.45) is -0.102. The number of ether oxygens (including phenoxy) is 1. The van der Waals surface area contributed by atoms with E-state index in [2.05, 4.69) is 5.32 Å². The number of rotatable bonds is 5. The van der Waals surface area contributed by atoms with Gasteiger partial charge in [0.15, 0.2) is 0 Å². The van der Waals surface area contributed by atoms with Crippen molar-refractivity contribution in [3.63, 3.8) is 0 Å². The van der Waals surface area contributed by atoms with Crippen LogP contribution in [0.3, 0.4) is 0 Å². The van der Waals surface area contributed by atoms with Crippen LogP contribution < -0.4 is 5.32 Å². The van der Waals surface area contributed by atoms with Crippen molar-refractivity contribution in [1.82, 2.24) is 0 Å². The van der Waals surface area contributed by atoms with Crippen LogP contribution in [0.15, 0.2) is 48.5 Å². The second kappa shape index (κ2) is 8.59. The minimum absolute atomic E-state index is 0.0755. The van der Waals surface area contributed by atoms with Gasteiger partial charge in [0.05, 0.1) is 16.0 Å². The molecular formula is C26H25ClF3NO3. The maximum Gasteiger partial charge on any atom is 0.417 e. The maximum absolute atomic E-state index is 13.5. The predicted octanol–water partition coefficient (Wildman–Crippen LogP) is 6.80. The molecule has 4 saturated carbocycles. The van der Waals surface area contributed by atoms with E-state index in [0.29, 0.717) is 23.3 Å². The second-order valence-electron chi connectivity index (χ2n) is 10.1. The van der Waals surface area contributed by atoms with Crippen LogP contribution in [0.25, 0.3) is 0 Å². The lowest BCUT2D eigenvalue weighted by Crippen LogP contribution is -2.51. The molecule has 0 spiro atoms. The number of alkyl halides is 3. The van der Waals surface area contributed by atoms with E-state index in [-0.39, 0.29) is 11.7 Å². The number of esters is 1. The van der Waals surface area contributed by atoms with E-state index in [0.717, 1.165) is 50.7 Å². The van der Waals surface area contributed by atoms with Gasteiger partial charge >= 0.3 is 12.1 Å². The highest BCUT2D eigenvalue weighted by Gasteiger charge is 2.56. The smallest absolute Gasteiger partial charge is 0.417 e. The molecule has 1 N–H and O–H groups in total. The molecule has 8 heteroatoms. The number of halogens is 4. The maximum atomic E-state index is 13.5. The number of nitrogens with one attached hydrogen (secondary N) is 1. The Kier molecular flexibility index (Phi) is 5.87. The first kappa shape index (κ1) is 23.2. The fourth-order valence-corrected chi connectivity index (χ4v) is 6.75. The Morgan fingerprint density at radius 1 is 0.971 bits per heavy atom. The Balaban J connectivity index is 1.39. The number of hydrogen-bond acceptors (Lipinski definition) is 3. The van der Waals surface area contributed by atoms with Crippen LogP contribution in [0, 0.1) is 23.2 Å². The van der Waals surface area contributed by atoms with E-state index in [4.69, 9.17) is 16.3 Å². The molecule has 1 atom stereocenters. The minimum Gasteiger partial charge on any atom is -0.447 e. The van der Waals surface area contributed by atoms with Crippen molar-refractivity contribution in [2.45, 2.75) is 50.8 Å². The molecule has 1 amide bonds. The van der Waals surface area contributed by atoms with Gasteiger partial charge in [0.2, 0.25) is 6.10 Å². The van der Waals surface area contributed by atoms with Crippen molar-refractivity contribution >= 4 is 29.2 Å². The monoisotopic (exact) mass is 491 g/mol. The Hall–Kier alpha value is -2.54. The van der Waals surface area contributed by atoms with Crippen molar-refractivity contribution in [1.29, 1.82) is 0 Å². The fraction of sp³-hybridized carbons (Fsp3) is 0.462. The molecule has 6 rings (SSSR count). The van der Waals surface area contributed by atoms with Crippen molar-refractivity contribution in [3.8, 4) is 0 Å². The van der Waals surface area contributed by atoms with Crippen LogP contribution in [-0.4, -0.2) is 11.9 Å². The van der Waals surface area contributed by atoms with Gasteiger partial charge in [-0.25, -0.2) is 0 Å². The van der Waals surface area contributed by atoms with Gasteiger partial charge in [0.25, 0.3) is 5.91 Å². The normalized spacial score (nSPS) is 28.4. The molecule has 1 unspecified atom stereocenters. The second-order valence-corrected chi connectivity index (χ2v) is 10.5. The number of anilines is 1. The van der Waals surface area contributed by atoms with Crippen LogP contribution in [-0.2, 0) is 20.5 Å². The molecule has 180 valence electrons. The molecule has 0 radical (unpaired) electrons. The number of hydrogen-bond donors (Lipinski definition) is 1. The molecule has 2 aromatic rings. The first-order chi connectivity index (χ1) is 16.1. The van der Waals surface area contributed by atoms with Crippen LogP contribution in [0.1, 0.15) is 55.8 Å². The van der Waals surface area contributed by atoms with Gasteiger partial charge in [0.1, 0.15) is 0 Å². The quantitative estimate of drug-likeness (QED) is 0.468. The van der Waals surface area contributed by atoms with Gasteiger partial charge in [0, 0.05) is 11.3 Å². The first-order valence-corrected chi connectivity index (χ1v) is 11.9. The average molecular weight is 492 g/mol. The van der Waals surface area contributed by atoms with E-state index in [1.807, 2.05) is 0 Å². The Labute approximate surface area is 200 Å². The standard InChI is InChI=1S/C26H25ClF3NO3/c27-21-7-6-19(11-20(21)26(28,29)30)31-23(32)22(18-4-2-1-3-5-18)34-24(33)25-12-15-8-16(13-25)10-17(9-15)14-25/h1-7,11,15-17,22H,8-10,12-14H2,(H,31,32). The molecule has 0 heterocycles. The highest BCUT2D eigenvalue weighted by molar-refractivity contribution is 6.31. The Morgan fingerprint density at radius 3 is 2.12 bits per heavy atom. The fourth-order valence-electron chi connectivity index (χ4n) is 6.52. The zero-order valence-electron chi connectivity index (χ0n) is 18.4. The molecule has 2 aromatic carbocycles. The van der Waals surface area contributed by atoms with Crippen molar-refractivity contribution in [3.05, 3.63) is 64.7 Å². The van der Waals surface area contributed by atoms with Gasteiger partial charge in [-0.1, -0.05) is 41.9 Å². The number of benzene rings is 2. The summed E-state index contributed by atoms with van der Waals surface area (Å²) >= 11 is 5.69. The third-order valence-corrected chi connectivity index (χ3v) is 7.91. The number of carbonyl (C=O) groups is 2. The Morgan fingerprint density at radius 2 is 1.56 bits per heavy atom. The zero-order chi connectivity index (χ0) is 24.1. The van der Waals surface area contributed by atoms with Crippen LogP contribution in [0.5, 0.6) is 0 Å². The highest BCUT2D eigenvalue weighted by atomic mass is 35.5. The van der Waals surface area contributed by atoms with E-state index < -0.39 is 34.2 Å². The minimum atomic E-state index is -4.67. The van der Waals surface area contributed by atoms with Gasteiger partial charge in [-0.05, 0) is 74.5 Å². The summed E-state index contributed by atoms with van der Waals surface area (Å²) in [4.78, 5) is 26.7. The topological polar surface area (TPSA) is 55.4 Å². The van der Waals surface area contributed by atoms with Gasteiger partial charge in [-0.15, -0.1) is 0 Å².